The molecule has 4 amide bonds. The van der Waals surface area contributed by atoms with E-state index in [4.69, 9.17) is 21.2 Å². The van der Waals surface area contributed by atoms with Crippen molar-refractivity contribution in [3.63, 3.8) is 0 Å². The Hall–Kier alpha value is -6.85. The SMILES string of the molecule is CCn1nc(C)cc1C(=O)Nc1nc2cc(C(N)=O)ncc2n1C/C=C/Cn1c(NC(=O)c2cc(C)nn2CC)nc2cc(C(N)=O)cc(OCC3CC3)c21. The Morgan fingerprint density at radius 3 is 1.95 bits per heavy atom. The van der Waals surface area contributed by atoms with Crippen LogP contribution < -0.4 is 26.8 Å². The van der Waals surface area contributed by atoms with E-state index in [1.54, 1.807) is 49.7 Å². The molecule has 0 saturated heterocycles. The van der Waals surface area contributed by atoms with Crippen molar-refractivity contribution >= 4 is 57.6 Å². The number of nitrogens with two attached hydrogens (primary N) is 2. The quantitative estimate of drug-likeness (QED) is 0.111. The number of anilines is 2. The second-order valence-corrected chi connectivity index (χ2v) is 13.3. The number of fused-ring (bicyclic) bond motifs is 2. The van der Waals surface area contributed by atoms with E-state index < -0.39 is 23.6 Å². The van der Waals surface area contributed by atoms with Crippen LogP contribution in [0.2, 0.25) is 0 Å². The van der Waals surface area contributed by atoms with Crippen molar-refractivity contribution in [3.05, 3.63) is 82.7 Å². The summed E-state index contributed by atoms with van der Waals surface area (Å²) in [7, 11) is 0. The first-order valence-corrected chi connectivity index (χ1v) is 17.9. The highest BCUT2D eigenvalue weighted by atomic mass is 16.5. The number of hydrogen-bond acceptors (Lipinski definition) is 10. The van der Waals surface area contributed by atoms with E-state index in [-0.39, 0.29) is 36.2 Å². The molecule has 0 atom stereocenters. The summed E-state index contributed by atoms with van der Waals surface area (Å²) in [6, 6.07) is 8.03. The first-order valence-electron chi connectivity index (χ1n) is 17.9. The number of carbonyl (C=O) groups is 4. The zero-order valence-corrected chi connectivity index (χ0v) is 30.9. The number of allylic oxidation sites excluding steroid dienone is 2. The van der Waals surface area contributed by atoms with Gasteiger partial charge in [-0.25, -0.2) is 15.0 Å². The molecule has 1 saturated carbocycles. The Bertz CT molecular complexity index is 2520. The first-order chi connectivity index (χ1) is 26.4. The number of imidazole rings is 2. The fourth-order valence-electron chi connectivity index (χ4n) is 6.32. The Labute approximate surface area is 314 Å². The molecule has 0 bridgehead atoms. The van der Waals surface area contributed by atoms with Crippen LogP contribution in [-0.4, -0.2) is 73.9 Å². The van der Waals surface area contributed by atoms with Crippen molar-refractivity contribution in [3.8, 4) is 5.75 Å². The van der Waals surface area contributed by atoms with Crippen molar-refractivity contribution < 1.29 is 23.9 Å². The standard InChI is InChI=1S/C37H41N13O5/c1-5-49-27(13-20(3)45-49)34(53)43-36-41-24-17-26(33(39)52)40-18-29(24)47(36)11-7-8-12-48-31-25(15-23(32(38)51)16-30(31)55-19-22-9-10-22)42-37(48)44-35(54)28-14-21(4)46-50(28)6-2/h7-8,13-18,22H,5-6,9-12,19H2,1-4H3,(H2,38,51)(H2,39,52)(H,41,43,53)(H,42,44,54)/b8-7+. The summed E-state index contributed by atoms with van der Waals surface area (Å²) in [5.74, 6) is -0.904. The molecule has 7 rings (SSSR count). The van der Waals surface area contributed by atoms with Gasteiger partial charge in [-0.2, -0.15) is 10.2 Å². The van der Waals surface area contributed by atoms with Gasteiger partial charge in [0.2, 0.25) is 17.8 Å². The molecule has 1 aliphatic rings. The van der Waals surface area contributed by atoms with E-state index in [1.165, 1.54) is 12.3 Å². The molecule has 284 valence electrons. The Kier molecular flexibility index (Phi) is 9.88. The number of nitrogens with one attached hydrogen (secondary N) is 2. The molecular weight excluding hydrogens is 706 g/mol. The van der Waals surface area contributed by atoms with Gasteiger partial charge in [-0.05, 0) is 76.8 Å². The van der Waals surface area contributed by atoms with Crippen molar-refractivity contribution in [2.75, 3.05) is 17.2 Å². The van der Waals surface area contributed by atoms with Crippen molar-refractivity contribution in [1.29, 1.82) is 0 Å². The number of amides is 4. The van der Waals surface area contributed by atoms with Gasteiger partial charge >= 0.3 is 0 Å². The van der Waals surface area contributed by atoms with Crippen molar-refractivity contribution in [1.82, 2.24) is 43.6 Å². The van der Waals surface area contributed by atoms with Gasteiger partial charge in [-0.1, -0.05) is 12.2 Å². The van der Waals surface area contributed by atoms with Crippen LogP contribution in [0, 0.1) is 19.8 Å². The maximum absolute atomic E-state index is 13.6. The number of carbonyl (C=O) groups excluding carboxylic acids is 4. The van der Waals surface area contributed by atoms with Gasteiger partial charge in [0.15, 0.2) is 0 Å². The summed E-state index contributed by atoms with van der Waals surface area (Å²) in [6.07, 6.45) is 7.31. The van der Waals surface area contributed by atoms with Gasteiger partial charge < -0.3 is 25.3 Å². The number of rotatable bonds is 15. The Morgan fingerprint density at radius 1 is 0.800 bits per heavy atom. The van der Waals surface area contributed by atoms with Crippen LogP contribution in [0.25, 0.3) is 22.1 Å². The highest BCUT2D eigenvalue weighted by molar-refractivity contribution is 6.05. The second kappa shape index (κ2) is 14.9. The highest BCUT2D eigenvalue weighted by Crippen LogP contribution is 2.34. The summed E-state index contributed by atoms with van der Waals surface area (Å²) in [5.41, 5.74) is 15.5. The number of pyridine rings is 1. The predicted molar refractivity (Wildman–Crippen MR) is 203 cm³/mol. The molecule has 0 unspecified atom stereocenters. The lowest BCUT2D eigenvalue weighted by Gasteiger charge is -2.13. The van der Waals surface area contributed by atoms with Gasteiger partial charge in [0.05, 0.1) is 40.7 Å². The van der Waals surface area contributed by atoms with E-state index in [9.17, 15) is 19.2 Å². The topological polar surface area (TPSA) is 238 Å². The van der Waals surface area contributed by atoms with Crippen LogP contribution in [0.5, 0.6) is 5.75 Å². The minimum absolute atomic E-state index is 0.0307. The number of nitrogens with zero attached hydrogens (tertiary/aromatic N) is 9. The zero-order valence-electron chi connectivity index (χ0n) is 30.9. The van der Waals surface area contributed by atoms with E-state index in [0.29, 0.717) is 76.2 Å². The third-order valence-electron chi connectivity index (χ3n) is 9.21. The summed E-state index contributed by atoms with van der Waals surface area (Å²) in [5, 5.41) is 14.6. The van der Waals surface area contributed by atoms with E-state index in [2.05, 4.69) is 30.8 Å². The number of aryl methyl sites for hydroxylation is 4. The zero-order chi connectivity index (χ0) is 39.0. The average Bonchev–Trinajstić information content (AvgIpc) is 3.44. The van der Waals surface area contributed by atoms with Crippen LogP contribution in [0.1, 0.15) is 79.9 Å². The molecule has 1 aliphatic carbocycles. The highest BCUT2D eigenvalue weighted by Gasteiger charge is 2.25. The number of benzene rings is 1. The summed E-state index contributed by atoms with van der Waals surface area (Å²) in [4.78, 5) is 64.9. The first kappa shape index (κ1) is 36.5. The number of primary amides is 2. The van der Waals surface area contributed by atoms with Crippen LogP contribution in [0.4, 0.5) is 11.9 Å². The van der Waals surface area contributed by atoms with Gasteiger partial charge in [0, 0.05) is 31.7 Å². The van der Waals surface area contributed by atoms with Crippen LogP contribution >= 0.6 is 0 Å². The number of ether oxygens (including phenoxy) is 1. The average molecular weight is 748 g/mol. The van der Waals surface area contributed by atoms with E-state index in [0.717, 1.165) is 12.8 Å². The maximum Gasteiger partial charge on any atom is 0.276 e. The van der Waals surface area contributed by atoms with Crippen LogP contribution in [-0.2, 0) is 26.2 Å². The Balaban J connectivity index is 1.24. The molecule has 5 heterocycles. The van der Waals surface area contributed by atoms with Gasteiger partial charge in [0.1, 0.15) is 28.3 Å². The molecule has 5 aromatic heterocycles. The molecule has 6 aromatic rings. The van der Waals surface area contributed by atoms with Crippen LogP contribution in [0.15, 0.2) is 48.7 Å². The fourth-order valence-corrected chi connectivity index (χ4v) is 6.32. The molecule has 0 aliphatic heterocycles. The molecule has 6 N–H and O–H groups in total. The predicted octanol–water partition coefficient (Wildman–Crippen LogP) is 3.58. The second-order valence-electron chi connectivity index (χ2n) is 13.3. The lowest BCUT2D eigenvalue weighted by Crippen LogP contribution is -2.20. The number of hydrogen-bond donors (Lipinski definition) is 4. The van der Waals surface area contributed by atoms with E-state index >= 15 is 0 Å². The number of aromatic nitrogens is 9. The summed E-state index contributed by atoms with van der Waals surface area (Å²) in [6.45, 7) is 9.27. The Morgan fingerprint density at radius 2 is 1.38 bits per heavy atom. The molecule has 55 heavy (non-hydrogen) atoms. The van der Waals surface area contributed by atoms with Gasteiger partial charge in [-0.3, -0.25) is 39.2 Å². The smallest absolute Gasteiger partial charge is 0.276 e. The normalized spacial score (nSPS) is 12.9. The fraction of sp³-hybridized carbons (Fsp3) is 0.324. The third kappa shape index (κ3) is 7.51. The van der Waals surface area contributed by atoms with Crippen molar-refractivity contribution in [2.24, 2.45) is 17.4 Å². The summed E-state index contributed by atoms with van der Waals surface area (Å²) < 4.78 is 13.0. The summed E-state index contributed by atoms with van der Waals surface area (Å²) >= 11 is 0. The minimum atomic E-state index is -0.711. The molecule has 18 heteroatoms. The maximum atomic E-state index is 13.6. The van der Waals surface area contributed by atoms with Crippen LogP contribution in [0.3, 0.4) is 0 Å². The molecule has 0 spiro atoms. The lowest BCUT2D eigenvalue weighted by atomic mass is 10.1. The third-order valence-corrected chi connectivity index (χ3v) is 9.21. The molecule has 0 radical (unpaired) electrons. The molecule has 1 aromatic carbocycles. The largest absolute Gasteiger partial charge is 0.491 e. The van der Waals surface area contributed by atoms with Gasteiger partial charge in [0.25, 0.3) is 17.7 Å². The van der Waals surface area contributed by atoms with E-state index in [1.807, 2.05) is 32.9 Å². The molecule has 1 fully saturated rings. The van der Waals surface area contributed by atoms with Gasteiger partial charge in [-0.15, -0.1) is 0 Å². The molecular formula is C37H41N13O5. The lowest BCUT2D eigenvalue weighted by molar-refractivity contribution is 0.0989. The minimum Gasteiger partial charge on any atom is -0.491 e. The van der Waals surface area contributed by atoms with Crippen molar-refractivity contribution in [2.45, 2.75) is 66.7 Å². The molecule has 18 nitrogen and oxygen atoms in total. The monoisotopic (exact) mass is 747 g/mol.